The normalized spacial score (nSPS) is 18.3. The van der Waals surface area contributed by atoms with Crippen molar-refractivity contribution in [2.75, 3.05) is 26.9 Å². The summed E-state index contributed by atoms with van der Waals surface area (Å²) in [6, 6.07) is 7.50. The molecule has 0 saturated carbocycles. The van der Waals surface area contributed by atoms with E-state index < -0.39 is 5.97 Å². The van der Waals surface area contributed by atoms with Crippen molar-refractivity contribution in [3.63, 3.8) is 0 Å². The molecule has 5 nitrogen and oxygen atoms in total. The van der Waals surface area contributed by atoms with Crippen LogP contribution in [0.25, 0.3) is 6.08 Å². The fourth-order valence-electron chi connectivity index (χ4n) is 2.15. The summed E-state index contributed by atoms with van der Waals surface area (Å²) in [6.07, 6.45) is 6.13. The van der Waals surface area contributed by atoms with E-state index in [1.807, 2.05) is 24.3 Å². The first-order valence-corrected chi connectivity index (χ1v) is 7.50. The van der Waals surface area contributed by atoms with Gasteiger partial charge in [0.15, 0.2) is 6.29 Å². The first-order chi connectivity index (χ1) is 10.8. The second-order valence-corrected chi connectivity index (χ2v) is 4.91. The summed E-state index contributed by atoms with van der Waals surface area (Å²) in [5, 5.41) is 0. The lowest BCUT2D eigenvalue weighted by atomic mass is 10.2. The predicted octanol–water partition coefficient (Wildman–Crippen LogP) is 2.79. The topological polar surface area (TPSA) is 54.0 Å². The van der Waals surface area contributed by atoms with Crippen molar-refractivity contribution in [3.05, 3.63) is 35.9 Å². The number of methoxy groups -OCH3 is 1. The Hall–Kier alpha value is -1.85. The van der Waals surface area contributed by atoms with Gasteiger partial charge in [-0.2, -0.15) is 0 Å². The molecule has 1 atom stereocenters. The van der Waals surface area contributed by atoms with E-state index in [1.54, 1.807) is 6.08 Å². The van der Waals surface area contributed by atoms with Crippen LogP contribution >= 0.6 is 0 Å². The standard InChI is InChI=1S/C17H22O5/c1-19-16(18)10-9-14-6-2-3-7-15(14)20-12-13-22-17-8-4-5-11-21-17/h2-3,6-7,9-10,17H,4-5,8,11-13H2,1H3. The van der Waals surface area contributed by atoms with Gasteiger partial charge in [-0.15, -0.1) is 0 Å². The summed E-state index contributed by atoms with van der Waals surface area (Å²) < 4.78 is 21.4. The van der Waals surface area contributed by atoms with Crippen molar-refractivity contribution < 1.29 is 23.7 Å². The minimum Gasteiger partial charge on any atom is -0.491 e. The molecule has 5 heteroatoms. The molecule has 0 bridgehead atoms. The lowest BCUT2D eigenvalue weighted by molar-refractivity contribution is -0.165. The minimum atomic E-state index is -0.396. The van der Waals surface area contributed by atoms with E-state index >= 15 is 0 Å². The molecule has 0 radical (unpaired) electrons. The summed E-state index contributed by atoms with van der Waals surface area (Å²) in [4.78, 5) is 11.1. The minimum absolute atomic E-state index is 0.105. The van der Waals surface area contributed by atoms with Gasteiger partial charge in [-0.1, -0.05) is 18.2 Å². The Morgan fingerprint density at radius 2 is 2.18 bits per heavy atom. The molecule has 1 heterocycles. The fraction of sp³-hybridized carbons (Fsp3) is 0.471. The molecule has 0 aromatic heterocycles. The highest BCUT2D eigenvalue weighted by atomic mass is 16.7. The molecular formula is C17H22O5. The highest BCUT2D eigenvalue weighted by molar-refractivity contribution is 5.87. The molecule has 1 saturated heterocycles. The molecule has 0 aliphatic carbocycles. The lowest BCUT2D eigenvalue weighted by Gasteiger charge is -2.22. The maximum atomic E-state index is 11.1. The molecule has 1 aromatic carbocycles. The summed E-state index contributed by atoms with van der Waals surface area (Å²) in [6.45, 7) is 1.68. The van der Waals surface area contributed by atoms with Gasteiger partial charge in [-0.3, -0.25) is 0 Å². The van der Waals surface area contributed by atoms with E-state index in [0.29, 0.717) is 19.0 Å². The van der Waals surface area contributed by atoms with E-state index in [-0.39, 0.29) is 6.29 Å². The van der Waals surface area contributed by atoms with Crippen molar-refractivity contribution >= 4 is 12.0 Å². The molecule has 1 fully saturated rings. The van der Waals surface area contributed by atoms with Gasteiger partial charge in [0.25, 0.3) is 0 Å². The van der Waals surface area contributed by atoms with Crippen LogP contribution in [0.3, 0.4) is 0 Å². The Kier molecular flexibility index (Phi) is 6.93. The number of esters is 1. The zero-order valence-electron chi connectivity index (χ0n) is 12.8. The Labute approximate surface area is 130 Å². The molecule has 0 spiro atoms. The number of carbonyl (C=O) groups excluding carboxylic acids is 1. The molecule has 22 heavy (non-hydrogen) atoms. The quantitative estimate of drug-likeness (QED) is 0.440. The van der Waals surface area contributed by atoms with Crippen molar-refractivity contribution in [2.45, 2.75) is 25.6 Å². The third-order valence-corrected chi connectivity index (χ3v) is 3.30. The van der Waals surface area contributed by atoms with Gasteiger partial charge in [0, 0.05) is 18.2 Å². The summed E-state index contributed by atoms with van der Waals surface area (Å²) >= 11 is 0. The molecule has 1 aliphatic heterocycles. The maximum absolute atomic E-state index is 11.1. The fourth-order valence-corrected chi connectivity index (χ4v) is 2.15. The van der Waals surface area contributed by atoms with Gasteiger partial charge in [0.2, 0.25) is 0 Å². The van der Waals surface area contributed by atoms with Crippen molar-refractivity contribution in [1.29, 1.82) is 0 Å². The first-order valence-electron chi connectivity index (χ1n) is 7.50. The van der Waals surface area contributed by atoms with Crippen LogP contribution in [0.15, 0.2) is 30.3 Å². The number of para-hydroxylation sites is 1. The molecule has 1 unspecified atom stereocenters. The maximum Gasteiger partial charge on any atom is 0.330 e. The Morgan fingerprint density at radius 3 is 2.95 bits per heavy atom. The molecule has 1 aliphatic rings. The van der Waals surface area contributed by atoms with Crippen LogP contribution < -0.4 is 4.74 Å². The van der Waals surface area contributed by atoms with Crippen LogP contribution in [0.1, 0.15) is 24.8 Å². The van der Waals surface area contributed by atoms with Crippen molar-refractivity contribution in [3.8, 4) is 5.75 Å². The third kappa shape index (κ3) is 5.50. The van der Waals surface area contributed by atoms with Gasteiger partial charge in [-0.25, -0.2) is 4.79 Å². The Bertz CT molecular complexity index is 492. The second kappa shape index (κ2) is 9.23. The van der Waals surface area contributed by atoms with E-state index in [0.717, 1.165) is 31.4 Å². The van der Waals surface area contributed by atoms with Crippen LogP contribution in [-0.4, -0.2) is 39.2 Å². The van der Waals surface area contributed by atoms with Gasteiger partial charge >= 0.3 is 5.97 Å². The van der Waals surface area contributed by atoms with E-state index in [9.17, 15) is 4.79 Å². The van der Waals surface area contributed by atoms with Crippen LogP contribution in [0.4, 0.5) is 0 Å². The average molecular weight is 306 g/mol. The monoisotopic (exact) mass is 306 g/mol. The summed E-state index contributed by atoms with van der Waals surface area (Å²) in [5.74, 6) is 0.309. The Morgan fingerprint density at radius 1 is 1.32 bits per heavy atom. The lowest BCUT2D eigenvalue weighted by Crippen LogP contribution is -2.24. The van der Waals surface area contributed by atoms with Crippen LogP contribution in [0.5, 0.6) is 5.75 Å². The first kappa shape index (κ1) is 16.5. The number of rotatable bonds is 7. The van der Waals surface area contributed by atoms with Crippen molar-refractivity contribution in [2.24, 2.45) is 0 Å². The molecule has 2 rings (SSSR count). The number of carbonyl (C=O) groups is 1. The van der Waals surface area contributed by atoms with Gasteiger partial charge < -0.3 is 18.9 Å². The molecule has 1 aromatic rings. The summed E-state index contributed by atoms with van der Waals surface area (Å²) in [7, 11) is 1.35. The summed E-state index contributed by atoms with van der Waals surface area (Å²) in [5.41, 5.74) is 0.821. The number of ether oxygens (including phenoxy) is 4. The largest absolute Gasteiger partial charge is 0.491 e. The third-order valence-electron chi connectivity index (χ3n) is 3.30. The van der Waals surface area contributed by atoms with Gasteiger partial charge in [-0.05, 0) is 31.4 Å². The SMILES string of the molecule is COC(=O)C=Cc1ccccc1OCCOC1CCCCO1. The second-order valence-electron chi connectivity index (χ2n) is 4.91. The van der Waals surface area contributed by atoms with E-state index in [1.165, 1.54) is 13.2 Å². The highest BCUT2D eigenvalue weighted by Gasteiger charge is 2.13. The zero-order valence-corrected chi connectivity index (χ0v) is 12.8. The number of hydrogen-bond donors (Lipinski definition) is 0. The van der Waals surface area contributed by atoms with Gasteiger partial charge in [0.05, 0.1) is 13.7 Å². The molecule has 120 valence electrons. The number of benzene rings is 1. The van der Waals surface area contributed by atoms with Gasteiger partial charge in [0.1, 0.15) is 12.4 Å². The molecule has 0 amide bonds. The van der Waals surface area contributed by atoms with Crippen LogP contribution in [-0.2, 0) is 19.0 Å². The van der Waals surface area contributed by atoms with Crippen LogP contribution in [0.2, 0.25) is 0 Å². The highest BCUT2D eigenvalue weighted by Crippen LogP contribution is 2.20. The average Bonchev–Trinajstić information content (AvgIpc) is 2.58. The smallest absolute Gasteiger partial charge is 0.330 e. The molecular weight excluding hydrogens is 284 g/mol. The predicted molar refractivity (Wildman–Crippen MR) is 82.5 cm³/mol. The Balaban J connectivity index is 1.79. The van der Waals surface area contributed by atoms with E-state index in [2.05, 4.69) is 4.74 Å². The van der Waals surface area contributed by atoms with Crippen molar-refractivity contribution in [1.82, 2.24) is 0 Å². The zero-order chi connectivity index (χ0) is 15.6. The van der Waals surface area contributed by atoms with Crippen LogP contribution in [0, 0.1) is 0 Å². The number of hydrogen-bond acceptors (Lipinski definition) is 5. The molecule has 0 N–H and O–H groups in total. The van der Waals surface area contributed by atoms with E-state index in [4.69, 9.17) is 14.2 Å².